The Kier molecular flexibility index (Phi) is 6.93. The van der Waals surface area contributed by atoms with Crippen LogP contribution in [0.15, 0.2) is 65.8 Å². The number of carbonyl (C=O) groups is 1. The highest BCUT2D eigenvalue weighted by Crippen LogP contribution is 2.35. The number of aromatic nitrogens is 2. The second-order valence-electron chi connectivity index (χ2n) is 8.53. The molecule has 1 aliphatic heterocycles. The Morgan fingerprint density at radius 1 is 1.05 bits per heavy atom. The van der Waals surface area contributed by atoms with E-state index >= 15 is 4.39 Å². The number of nitrogens with one attached hydrogen (secondary N) is 1. The minimum Gasteiger partial charge on any atom is -0.496 e. The van der Waals surface area contributed by atoms with Crippen molar-refractivity contribution in [1.82, 2.24) is 9.97 Å². The molecule has 0 saturated carbocycles. The minimum atomic E-state index is -1.09. The van der Waals surface area contributed by atoms with Gasteiger partial charge in [0.2, 0.25) is 5.95 Å². The van der Waals surface area contributed by atoms with E-state index in [0.29, 0.717) is 28.4 Å². The van der Waals surface area contributed by atoms with E-state index < -0.39 is 11.8 Å². The fraction of sp³-hybridized carbons (Fsp3) is 0.133. The maximum atomic E-state index is 15.2. The molecule has 3 aromatic carbocycles. The predicted molar refractivity (Wildman–Crippen MR) is 146 cm³/mol. The van der Waals surface area contributed by atoms with Gasteiger partial charge < -0.3 is 19.9 Å². The van der Waals surface area contributed by atoms with Crippen LogP contribution in [0.4, 0.5) is 16.0 Å². The van der Waals surface area contributed by atoms with Crippen LogP contribution >= 0.6 is 0 Å². The SMILES string of the molecule is CC#Cc1ccc2c(c1)C(c1c(F)cccc1OC)=NCc1cnc(Nc3ccc(C(=O)O)c(OC)c3)nc1-2. The van der Waals surface area contributed by atoms with Gasteiger partial charge in [0.05, 0.1) is 37.7 Å². The van der Waals surface area contributed by atoms with Gasteiger partial charge in [-0.1, -0.05) is 18.1 Å². The summed E-state index contributed by atoms with van der Waals surface area (Å²) < 4.78 is 25.9. The summed E-state index contributed by atoms with van der Waals surface area (Å²) in [4.78, 5) is 25.4. The van der Waals surface area contributed by atoms with Crippen molar-refractivity contribution in [2.45, 2.75) is 13.5 Å². The quantitative estimate of drug-likeness (QED) is 0.324. The van der Waals surface area contributed by atoms with Crippen LogP contribution in [-0.2, 0) is 6.54 Å². The molecule has 0 bridgehead atoms. The van der Waals surface area contributed by atoms with Crippen LogP contribution in [0.5, 0.6) is 11.5 Å². The lowest BCUT2D eigenvalue weighted by atomic mass is 9.93. The molecule has 4 aromatic rings. The Hall–Kier alpha value is -5.23. The van der Waals surface area contributed by atoms with Crippen molar-refractivity contribution in [2.24, 2.45) is 4.99 Å². The Balaban J connectivity index is 1.63. The van der Waals surface area contributed by atoms with Gasteiger partial charge in [-0.05, 0) is 43.3 Å². The molecule has 2 N–H and O–H groups in total. The van der Waals surface area contributed by atoms with Crippen LogP contribution in [0, 0.1) is 17.7 Å². The second-order valence-corrected chi connectivity index (χ2v) is 8.53. The number of carboxylic acids is 1. The molecule has 5 rings (SSSR count). The number of benzene rings is 3. The van der Waals surface area contributed by atoms with Crippen LogP contribution in [0.1, 0.15) is 39.5 Å². The molecule has 0 aliphatic carbocycles. The highest BCUT2D eigenvalue weighted by Gasteiger charge is 2.25. The Morgan fingerprint density at radius 2 is 1.87 bits per heavy atom. The highest BCUT2D eigenvalue weighted by atomic mass is 19.1. The summed E-state index contributed by atoms with van der Waals surface area (Å²) >= 11 is 0. The summed E-state index contributed by atoms with van der Waals surface area (Å²) in [5.74, 6) is 5.26. The number of nitrogens with zero attached hydrogens (tertiary/aromatic N) is 3. The maximum Gasteiger partial charge on any atom is 0.339 e. The third kappa shape index (κ3) is 4.88. The third-order valence-electron chi connectivity index (χ3n) is 6.19. The fourth-order valence-electron chi connectivity index (χ4n) is 4.43. The summed E-state index contributed by atoms with van der Waals surface area (Å²) in [7, 11) is 2.90. The van der Waals surface area contributed by atoms with Gasteiger partial charge in [0.1, 0.15) is 22.9 Å². The van der Waals surface area contributed by atoms with E-state index in [9.17, 15) is 9.90 Å². The monoisotopic (exact) mass is 522 g/mol. The summed E-state index contributed by atoms with van der Waals surface area (Å²) in [6.07, 6.45) is 1.67. The van der Waals surface area contributed by atoms with E-state index in [0.717, 1.165) is 16.7 Å². The van der Waals surface area contributed by atoms with Gasteiger partial charge in [0.15, 0.2) is 0 Å². The molecule has 9 heteroatoms. The number of aliphatic imine (C=N–C) groups is 1. The number of methoxy groups -OCH3 is 2. The summed E-state index contributed by atoms with van der Waals surface area (Å²) in [5.41, 5.74) is 4.80. The molecular formula is C30H23FN4O4. The molecule has 0 unspecified atom stereocenters. The molecule has 0 spiro atoms. The molecule has 0 amide bonds. The Morgan fingerprint density at radius 3 is 2.62 bits per heavy atom. The van der Waals surface area contributed by atoms with Crippen LogP contribution in [-0.4, -0.2) is 41.0 Å². The fourth-order valence-corrected chi connectivity index (χ4v) is 4.43. The standard InChI is InChI=1S/C30H23FN4O4/c1-4-6-17-9-11-20-22(13-17)28(26-23(31)7-5-8-24(26)38-2)32-15-18-16-33-30(35-27(18)20)34-19-10-12-21(29(36)37)25(14-19)39-3/h5,7-14,16H,15H2,1-3H3,(H,36,37)(H,33,34,35). The number of hydrogen-bond donors (Lipinski definition) is 2. The zero-order valence-corrected chi connectivity index (χ0v) is 21.4. The van der Waals surface area contributed by atoms with Crippen molar-refractivity contribution < 1.29 is 23.8 Å². The lowest BCUT2D eigenvalue weighted by Crippen LogP contribution is -2.10. The topological polar surface area (TPSA) is 106 Å². The van der Waals surface area contributed by atoms with E-state index in [2.05, 4.69) is 22.1 Å². The predicted octanol–water partition coefficient (Wildman–Crippen LogP) is 5.46. The molecule has 0 radical (unpaired) electrons. The number of fused-ring (bicyclic) bond motifs is 3. The van der Waals surface area contributed by atoms with E-state index in [1.54, 1.807) is 37.4 Å². The maximum absolute atomic E-state index is 15.2. The number of ether oxygens (including phenoxy) is 2. The molecular weight excluding hydrogens is 499 g/mol. The lowest BCUT2D eigenvalue weighted by molar-refractivity contribution is 0.0693. The average molecular weight is 523 g/mol. The van der Waals surface area contributed by atoms with Gasteiger partial charge in [-0.25, -0.2) is 19.2 Å². The number of halogens is 1. The normalized spacial score (nSPS) is 11.6. The largest absolute Gasteiger partial charge is 0.496 e. The van der Waals surface area contributed by atoms with Gasteiger partial charge in [-0.3, -0.25) is 4.99 Å². The molecule has 8 nitrogen and oxygen atoms in total. The highest BCUT2D eigenvalue weighted by molar-refractivity contribution is 6.18. The summed E-state index contributed by atoms with van der Waals surface area (Å²) in [6.45, 7) is 1.96. The molecule has 194 valence electrons. The summed E-state index contributed by atoms with van der Waals surface area (Å²) in [6, 6.07) is 14.9. The second kappa shape index (κ2) is 10.6. The van der Waals surface area contributed by atoms with Crippen molar-refractivity contribution in [3.05, 3.63) is 94.4 Å². The minimum absolute atomic E-state index is 0.0408. The molecule has 1 aromatic heterocycles. The number of hydrogen-bond acceptors (Lipinski definition) is 7. The molecule has 2 heterocycles. The zero-order chi connectivity index (χ0) is 27.5. The number of rotatable bonds is 6. The van der Waals surface area contributed by atoms with E-state index in [1.165, 1.54) is 26.4 Å². The van der Waals surface area contributed by atoms with Gasteiger partial charge in [0.25, 0.3) is 0 Å². The van der Waals surface area contributed by atoms with E-state index in [4.69, 9.17) is 19.5 Å². The van der Waals surface area contributed by atoms with Crippen molar-refractivity contribution in [2.75, 3.05) is 19.5 Å². The molecule has 0 atom stereocenters. The molecule has 1 aliphatic rings. The Labute approximate surface area is 224 Å². The number of aromatic carboxylic acids is 1. The Bertz CT molecular complexity index is 1710. The smallest absolute Gasteiger partial charge is 0.339 e. The van der Waals surface area contributed by atoms with Crippen LogP contribution < -0.4 is 14.8 Å². The first-order chi connectivity index (χ1) is 18.9. The first kappa shape index (κ1) is 25.4. The van der Waals surface area contributed by atoms with Crippen molar-refractivity contribution in [1.29, 1.82) is 0 Å². The zero-order valence-electron chi connectivity index (χ0n) is 21.4. The average Bonchev–Trinajstić information content (AvgIpc) is 3.09. The number of carboxylic acid groups (broad SMARTS) is 1. The van der Waals surface area contributed by atoms with Gasteiger partial charge in [-0.2, -0.15) is 0 Å². The van der Waals surface area contributed by atoms with Crippen molar-refractivity contribution >= 4 is 23.3 Å². The van der Waals surface area contributed by atoms with Crippen molar-refractivity contribution in [3.8, 4) is 34.6 Å². The number of anilines is 2. The van der Waals surface area contributed by atoms with Gasteiger partial charge in [-0.15, -0.1) is 5.92 Å². The van der Waals surface area contributed by atoms with E-state index in [1.807, 2.05) is 18.2 Å². The third-order valence-corrected chi connectivity index (χ3v) is 6.19. The first-order valence-corrected chi connectivity index (χ1v) is 11.9. The van der Waals surface area contributed by atoms with Gasteiger partial charge in [0, 0.05) is 40.2 Å². The lowest BCUT2D eigenvalue weighted by Gasteiger charge is -2.15. The molecule has 0 fully saturated rings. The summed E-state index contributed by atoms with van der Waals surface area (Å²) in [5, 5.41) is 12.5. The van der Waals surface area contributed by atoms with Crippen LogP contribution in [0.2, 0.25) is 0 Å². The molecule has 39 heavy (non-hydrogen) atoms. The van der Waals surface area contributed by atoms with Crippen molar-refractivity contribution in [3.63, 3.8) is 0 Å². The van der Waals surface area contributed by atoms with E-state index in [-0.39, 0.29) is 29.4 Å². The molecule has 0 saturated heterocycles. The first-order valence-electron chi connectivity index (χ1n) is 11.9. The van der Waals surface area contributed by atoms with Crippen LogP contribution in [0.3, 0.4) is 0 Å². The van der Waals surface area contributed by atoms with Gasteiger partial charge >= 0.3 is 5.97 Å². The van der Waals surface area contributed by atoms with Crippen LogP contribution in [0.25, 0.3) is 11.3 Å².